The smallest absolute Gasteiger partial charge is 0.0252 e. The molecule has 0 amide bonds. The van der Waals surface area contributed by atoms with Crippen LogP contribution in [0, 0.1) is 0 Å². The fourth-order valence-corrected chi connectivity index (χ4v) is 2.29. The Morgan fingerprint density at radius 3 is 2.80 bits per heavy atom. The minimum absolute atomic E-state index is 0.279. The molecule has 2 nitrogen and oxygen atoms in total. The molecule has 0 bridgehead atoms. The molecule has 1 fully saturated rings. The van der Waals surface area contributed by atoms with Gasteiger partial charge in [-0.3, -0.25) is 4.90 Å². The molecule has 0 aromatic heterocycles. The van der Waals surface area contributed by atoms with Gasteiger partial charge in [-0.2, -0.15) is 0 Å². The van der Waals surface area contributed by atoms with E-state index in [-0.39, 0.29) is 5.54 Å². The van der Waals surface area contributed by atoms with Gasteiger partial charge in [0.1, 0.15) is 0 Å². The fraction of sp³-hybridized carbons (Fsp3) is 0.846. The normalized spacial score (nSPS) is 27.3. The lowest BCUT2D eigenvalue weighted by Gasteiger charge is -2.44. The molecule has 0 aliphatic carbocycles. The number of hydrogen-bond donors (Lipinski definition) is 1. The van der Waals surface area contributed by atoms with E-state index in [1.807, 2.05) is 0 Å². The number of hydrogen-bond acceptors (Lipinski definition) is 2. The maximum atomic E-state index is 3.62. The second-order valence-electron chi connectivity index (χ2n) is 5.16. The van der Waals surface area contributed by atoms with Crippen molar-refractivity contribution in [1.82, 2.24) is 10.2 Å². The van der Waals surface area contributed by atoms with E-state index in [9.17, 15) is 0 Å². The standard InChI is InChI=1S/C13H26N2/c1-5-7-8-9-15-11-13(3,4)14-10-12(15)6-2/h5,7,12,14H,6,8-11H2,1-4H3/b7-5+. The predicted octanol–water partition coefficient (Wildman–Crippen LogP) is 2.42. The van der Waals surface area contributed by atoms with Gasteiger partial charge in [0.15, 0.2) is 0 Å². The highest BCUT2D eigenvalue weighted by atomic mass is 15.2. The van der Waals surface area contributed by atoms with Crippen LogP contribution in [0.2, 0.25) is 0 Å². The summed E-state index contributed by atoms with van der Waals surface area (Å²) in [7, 11) is 0. The van der Waals surface area contributed by atoms with Gasteiger partial charge in [-0.1, -0.05) is 19.1 Å². The Labute approximate surface area is 94.7 Å². The van der Waals surface area contributed by atoms with Crippen LogP contribution < -0.4 is 5.32 Å². The number of nitrogens with one attached hydrogen (secondary N) is 1. The van der Waals surface area contributed by atoms with Gasteiger partial charge in [0.05, 0.1) is 0 Å². The van der Waals surface area contributed by atoms with Gasteiger partial charge in [0.25, 0.3) is 0 Å². The molecule has 1 saturated heterocycles. The van der Waals surface area contributed by atoms with Crippen LogP contribution in [0.3, 0.4) is 0 Å². The Morgan fingerprint density at radius 1 is 1.47 bits per heavy atom. The zero-order chi connectivity index (χ0) is 11.3. The molecule has 1 atom stereocenters. The van der Waals surface area contributed by atoms with E-state index in [1.165, 1.54) is 25.9 Å². The van der Waals surface area contributed by atoms with Gasteiger partial charge in [0, 0.05) is 31.2 Å². The van der Waals surface area contributed by atoms with Crippen molar-refractivity contribution in [2.24, 2.45) is 0 Å². The summed E-state index contributed by atoms with van der Waals surface area (Å²) in [6.07, 6.45) is 6.85. The SMILES string of the molecule is C/C=C/CCN1CC(C)(C)NCC1CC. The van der Waals surface area contributed by atoms with E-state index in [0.29, 0.717) is 0 Å². The highest BCUT2D eigenvalue weighted by Crippen LogP contribution is 2.17. The van der Waals surface area contributed by atoms with Crippen molar-refractivity contribution in [1.29, 1.82) is 0 Å². The molecular formula is C13H26N2. The van der Waals surface area contributed by atoms with Crippen LogP contribution in [0.1, 0.15) is 40.5 Å². The van der Waals surface area contributed by atoms with Crippen molar-refractivity contribution in [2.75, 3.05) is 19.6 Å². The molecule has 1 rings (SSSR count). The lowest BCUT2D eigenvalue weighted by molar-refractivity contribution is 0.0946. The second-order valence-corrected chi connectivity index (χ2v) is 5.16. The monoisotopic (exact) mass is 210 g/mol. The molecule has 0 saturated carbocycles. The summed E-state index contributed by atoms with van der Waals surface area (Å²) in [5.41, 5.74) is 0.279. The van der Waals surface area contributed by atoms with Crippen LogP contribution in [-0.2, 0) is 0 Å². The highest BCUT2D eigenvalue weighted by Gasteiger charge is 2.30. The van der Waals surface area contributed by atoms with Gasteiger partial charge in [-0.05, 0) is 33.6 Å². The molecule has 88 valence electrons. The third-order valence-corrected chi connectivity index (χ3v) is 3.22. The molecule has 0 radical (unpaired) electrons. The summed E-state index contributed by atoms with van der Waals surface area (Å²) in [5.74, 6) is 0. The zero-order valence-electron chi connectivity index (χ0n) is 10.7. The maximum Gasteiger partial charge on any atom is 0.0252 e. The molecule has 0 aromatic carbocycles. The van der Waals surface area contributed by atoms with E-state index in [0.717, 1.165) is 12.6 Å². The fourth-order valence-electron chi connectivity index (χ4n) is 2.29. The Kier molecular flexibility index (Phi) is 4.81. The molecule has 0 aromatic rings. The van der Waals surface area contributed by atoms with Gasteiger partial charge >= 0.3 is 0 Å². The Morgan fingerprint density at radius 2 is 2.20 bits per heavy atom. The van der Waals surface area contributed by atoms with Gasteiger partial charge < -0.3 is 5.32 Å². The largest absolute Gasteiger partial charge is 0.309 e. The third kappa shape index (κ3) is 3.96. The zero-order valence-corrected chi connectivity index (χ0v) is 10.7. The number of nitrogens with zero attached hydrogens (tertiary/aromatic N) is 1. The molecule has 0 spiro atoms. The molecule has 1 aliphatic rings. The summed E-state index contributed by atoms with van der Waals surface area (Å²) < 4.78 is 0. The van der Waals surface area contributed by atoms with Crippen LogP contribution in [-0.4, -0.2) is 36.1 Å². The summed E-state index contributed by atoms with van der Waals surface area (Å²) in [4.78, 5) is 2.64. The van der Waals surface area contributed by atoms with E-state index in [1.54, 1.807) is 0 Å². The van der Waals surface area contributed by atoms with Crippen molar-refractivity contribution >= 4 is 0 Å². The second kappa shape index (κ2) is 5.66. The first-order valence-corrected chi connectivity index (χ1v) is 6.19. The third-order valence-electron chi connectivity index (χ3n) is 3.22. The summed E-state index contributed by atoms with van der Waals surface area (Å²) >= 11 is 0. The molecule has 1 aliphatic heterocycles. The highest BCUT2D eigenvalue weighted by molar-refractivity contribution is 4.92. The Hall–Kier alpha value is -0.340. The van der Waals surface area contributed by atoms with Crippen LogP contribution in [0.5, 0.6) is 0 Å². The van der Waals surface area contributed by atoms with Crippen LogP contribution in [0.4, 0.5) is 0 Å². The molecule has 2 heteroatoms. The maximum absolute atomic E-state index is 3.62. The Bertz CT molecular complexity index is 209. The van der Waals surface area contributed by atoms with E-state index < -0.39 is 0 Å². The van der Waals surface area contributed by atoms with Crippen molar-refractivity contribution in [3.05, 3.63) is 12.2 Å². The number of piperazine rings is 1. The lowest BCUT2D eigenvalue weighted by atomic mass is 9.97. The number of rotatable bonds is 4. The van der Waals surface area contributed by atoms with Gasteiger partial charge in [-0.15, -0.1) is 0 Å². The molecular weight excluding hydrogens is 184 g/mol. The first-order chi connectivity index (χ1) is 7.09. The quantitative estimate of drug-likeness (QED) is 0.717. The van der Waals surface area contributed by atoms with E-state index in [2.05, 4.69) is 50.1 Å². The molecule has 1 heterocycles. The van der Waals surface area contributed by atoms with Crippen molar-refractivity contribution in [3.8, 4) is 0 Å². The summed E-state index contributed by atoms with van der Waals surface area (Å²) in [6.45, 7) is 12.5. The van der Waals surface area contributed by atoms with Gasteiger partial charge in [-0.25, -0.2) is 0 Å². The summed E-state index contributed by atoms with van der Waals surface area (Å²) in [5, 5.41) is 3.62. The van der Waals surface area contributed by atoms with E-state index >= 15 is 0 Å². The topological polar surface area (TPSA) is 15.3 Å². The lowest BCUT2D eigenvalue weighted by Crippen LogP contribution is -2.61. The minimum Gasteiger partial charge on any atom is -0.309 e. The van der Waals surface area contributed by atoms with E-state index in [4.69, 9.17) is 0 Å². The van der Waals surface area contributed by atoms with Crippen molar-refractivity contribution < 1.29 is 0 Å². The predicted molar refractivity (Wildman–Crippen MR) is 67.2 cm³/mol. The first-order valence-electron chi connectivity index (χ1n) is 6.19. The molecule has 15 heavy (non-hydrogen) atoms. The van der Waals surface area contributed by atoms with Crippen molar-refractivity contribution in [2.45, 2.75) is 52.1 Å². The van der Waals surface area contributed by atoms with Crippen LogP contribution in [0.25, 0.3) is 0 Å². The number of allylic oxidation sites excluding steroid dienone is 1. The van der Waals surface area contributed by atoms with Crippen LogP contribution >= 0.6 is 0 Å². The minimum atomic E-state index is 0.279. The first kappa shape index (κ1) is 12.7. The molecule has 1 unspecified atom stereocenters. The molecule has 1 N–H and O–H groups in total. The Balaban J connectivity index is 2.47. The summed E-state index contributed by atoms with van der Waals surface area (Å²) in [6, 6.07) is 0.725. The average Bonchev–Trinajstić information content (AvgIpc) is 2.17. The van der Waals surface area contributed by atoms with Gasteiger partial charge in [0.2, 0.25) is 0 Å². The average molecular weight is 210 g/mol. The van der Waals surface area contributed by atoms with Crippen LogP contribution in [0.15, 0.2) is 12.2 Å². The van der Waals surface area contributed by atoms with Crippen molar-refractivity contribution in [3.63, 3.8) is 0 Å².